The molecule has 0 saturated heterocycles. The van der Waals surface area contributed by atoms with Gasteiger partial charge in [0.15, 0.2) is 0 Å². The summed E-state index contributed by atoms with van der Waals surface area (Å²) in [7, 11) is 1.68. The molecule has 2 aromatic heterocycles. The van der Waals surface area contributed by atoms with Gasteiger partial charge in [0.2, 0.25) is 11.7 Å². The van der Waals surface area contributed by atoms with Gasteiger partial charge in [0.1, 0.15) is 6.33 Å². The van der Waals surface area contributed by atoms with Crippen LogP contribution in [0.25, 0.3) is 16.9 Å². The van der Waals surface area contributed by atoms with E-state index in [9.17, 15) is 9.59 Å². The summed E-state index contributed by atoms with van der Waals surface area (Å²) in [5, 5.41) is 8.92. The molecular weight excluding hydrogens is 544 g/mol. The molecule has 10 heteroatoms. The first-order valence-corrected chi connectivity index (χ1v) is 15.2. The average Bonchev–Trinajstić information content (AvgIpc) is 3.69. The molecule has 10 nitrogen and oxygen atoms in total. The second kappa shape index (κ2) is 13.0. The van der Waals surface area contributed by atoms with Gasteiger partial charge in [-0.25, -0.2) is 9.94 Å². The summed E-state index contributed by atoms with van der Waals surface area (Å²) in [4.78, 5) is 31.0. The van der Waals surface area contributed by atoms with Crippen LogP contribution >= 0.6 is 0 Å². The number of hydrazone groups is 1. The van der Waals surface area contributed by atoms with Gasteiger partial charge in [-0.05, 0) is 54.9 Å². The van der Waals surface area contributed by atoms with E-state index in [-0.39, 0.29) is 30.0 Å². The molecule has 1 saturated carbocycles. The van der Waals surface area contributed by atoms with Crippen LogP contribution in [0.4, 0.5) is 0 Å². The highest BCUT2D eigenvalue weighted by molar-refractivity contribution is 6.16. The number of carbonyl (C=O) groups excluding carboxylic acids is 1. The number of carbonyl (C=O) groups is 1. The normalized spacial score (nSPS) is 18.7. The van der Waals surface area contributed by atoms with Crippen LogP contribution in [0.3, 0.4) is 0 Å². The van der Waals surface area contributed by atoms with Crippen LogP contribution in [0.5, 0.6) is 0 Å². The molecule has 0 radical (unpaired) electrons. The minimum absolute atomic E-state index is 0.00330. The number of ether oxygens (including phenoxy) is 2. The van der Waals surface area contributed by atoms with E-state index in [1.807, 2.05) is 27.3 Å². The maximum Gasteiger partial charge on any atom is 0.259 e. The number of nitrogens with one attached hydrogen (secondary N) is 1. The second-order valence-corrected chi connectivity index (χ2v) is 11.3. The van der Waals surface area contributed by atoms with E-state index in [2.05, 4.69) is 57.9 Å². The summed E-state index contributed by atoms with van der Waals surface area (Å²) in [6.07, 6.45) is 7.41. The maximum absolute atomic E-state index is 14.4. The predicted octanol–water partition coefficient (Wildman–Crippen LogP) is 4.47. The minimum atomic E-state index is -0.122. The van der Waals surface area contributed by atoms with Crippen LogP contribution in [-0.4, -0.2) is 57.2 Å². The Balaban J connectivity index is 1.38. The van der Waals surface area contributed by atoms with Crippen LogP contribution in [0, 0.1) is 0 Å². The zero-order valence-corrected chi connectivity index (χ0v) is 24.8. The van der Waals surface area contributed by atoms with Gasteiger partial charge in [0, 0.05) is 30.7 Å². The van der Waals surface area contributed by atoms with Crippen molar-refractivity contribution in [1.29, 1.82) is 0 Å². The first-order chi connectivity index (χ1) is 21.1. The molecule has 3 heterocycles. The first kappa shape index (κ1) is 28.9. The van der Waals surface area contributed by atoms with Crippen LogP contribution in [-0.2, 0) is 27.1 Å². The summed E-state index contributed by atoms with van der Waals surface area (Å²) in [5.74, 6) is 0.481. The van der Waals surface area contributed by atoms with E-state index in [4.69, 9.17) is 9.47 Å². The van der Waals surface area contributed by atoms with Crippen molar-refractivity contribution in [2.45, 2.75) is 70.4 Å². The van der Waals surface area contributed by atoms with Crippen molar-refractivity contribution >= 4 is 17.4 Å². The Labute approximate surface area is 250 Å². The van der Waals surface area contributed by atoms with Gasteiger partial charge in [-0.3, -0.25) is 14.2 Å². The quantitative estimate of drug-likeness (QED) is 0.261. The molecule has 224 valence electrons. The number of fused-ring (bicyclic) bond motifs is 1. The Morgan fingerprint density at radius 2 is 1.81 bits per heavy atom. The van der Waals surface area contributed by atoms with Gasteiger partial charge in [-0.2, -0.15) is 15.2 Å². The van der Waals surface area contributed by atoms with Crippen molar-refractivity contribution in [3.63, 3.8) is 0 Å². The third-order valence-electron chi connectivity index (χ3n) is 8.47. The van der Waals surface area contributed by atoms with Gasteiger partial charge in [0.25, 0.3) is 5.56 Å². The number of hydrogen-bond donors (Lipinski definition) is 1. The third kappa shape index (κ3) is 6.03. The highest BCUT2D eigenvalue weighted by Crippen LogP contribution is 2.32. The van der Waals surface area contributed by atoms with Crippen molar-refractivity contribution in [3.8, 4) is 11.1 Å². The number of methoxy groups -OCH3 is 1. The molecule has 0 unspecified atom stereocenters. The molecule has 2 aromatic carbocycles. The lowest BCUT2D eigenvalue weighted by Gasteiger charge is -2.30. The summed E-state index contributed by atoms with van der Waals surface area (Å²) in [6, 6.07) is 16.3. The number of amides is 1. The highest BCUT2D eigenvalue weighted by Gasteiger charge is 2.28. The van der Waals surface area contributed by atoms with Crippen molar-refractivity contribution in [1.82, 2.24) is 24.6 Å². The molecule has 1 aliphatic heterocycles. The summed E-state index contributed by atoms with van der Waals surface area (Å²) in [5.41, 5.74) is 8.85. The van der Waals surface area contributed by atoms with Crippen molar-refractivity contribution in [2.24, 2.45) is 5.10 Å². The first-order valence-electron chi connectivity index (χ1n) is 15.2. The van der Waals surface area contributed by atoms with Crippen molar-refractivity contribution < 1.29 is 14.3 Å². The van der Waals surface area contributed by atoms with E-state index in [0.29, 0.717) is 37.5 Å². The minimum Gasteiger partial charge on any atom is -0.382 e. The highest BCUT2D eigenvalue weighted by atomic mass is 16.5. The molecule has 0 atom stereocenters. The molecule has 6 rings (SSSR count). The predicted molar refractivity (Wildman–Crippen MR) is 164 cm³/mol. The lowest BCUT2D eigenvalue weighted by Crippen LogP contribution is -2.35. The van der Waals surface area contributed by atoms with Crippen LogP contribution in [0.1, 0.15) is 73.9 Å². The molecular formula is C33H38N6O4. The monoisotopic (exact) mass is 582 g/mol. The Morgan fingerprint density at radius 3 is 2.53 bits per heavy atom. The maximum atomic E-state index is 14.4. The zero-order chi connectivity index (χ0) is 29.8. The average molecular weight is 583 g/mol. The fourth-order valence-electron chi connectivity index (χ4n) is 6.38. The number of aromatic nitrogens is 4. The SMILES string of the molecule is CCCc1c(Cc2ccc(-c3ccccc3)c(C3=NNC(=O)C3)c2)c(=O)n(C2CCC(OCCOC)CC2)c2ncnn12. The summed E-state index contributed by atoms with van der Waals surface area (Å²) < 4.78 is 14.8. The number of hydrogen-bond acceptors (Lipinski definition) is 7. The Morgan fingerprint density at radius 1 is 1.00 bits per heavy atom. The number of benzene rings is 2. The molecule has 2 aliphatic rings. The molecule has 43 heavy (non-hydrogen) atoms. The largest absolute Gasteiger partial charge is 0.382 e. The molecule has 0 spiro atoms. The molecule has 1 aliphatic carbocycles. The summed E-state index contributed by atoms with van der Waals surface area (Å²) in [6.45, 7) is 3.27. The van der Waals surface area contributed by atoms with E-state index in [1.54, 1.807) is 13.4 Å². The molecule has 1 amide bonds. The second-order valence-electron chi connectivity index (χ2n) is 11.3. The molecule has 0 bridgehead atoms. The van der Waals surface area contributed by atoms with Gasteiger partial charge < -0.3 is 9.47 Å². The molecule has 4 aromatic rings. The van der Waals surface area contributed by atoms with E-state index >= 15 is 0 Å². The van der Waals surface area contributed by atoms with Gasteiger partial charge in [-0.1, -0.05) is 55.8 Å². The van der Waals surface area contributed by atoms with Gasteiger partial charge >= 0.3 is 0 Å². The Hall–Kier alpha value is -4.15. The zero-order valence-electron chi connectivity index (χ0n) is 24.8. The van der Waals surface area contributed by atoms with Crippen LogP contribution in [0.15, 0.2) is 64.8 Å². The lowest BCUT2D eigenvalue weighted by molar-refractivity contribution is -0.119. The third-order valence-corrected chi connectivity index (χ3v) is 8.47. The lowest BCUT2D eigenvalue weighted by atomic mass is 9.91. The fraction of sp³-hybridized carbons (Fsp3) is 0.424. The van der Waals surface area contributed by atoms with Crippen molar-refractivity contribution in [3.05, 3.63) is 87.6 Å². The summed E-state index contributed by atoms with van der Waals surface area (Å²) >= 11 is 0. The van der Waals surface area contributed by atoms with E-state index in [0.717, 1.165) is 65.6 Å². The number of nitrogens with zero attached hydrogens (tertiary/aromatic N) is 5. The van der Waals surface area contributed by atoms with Crippen LogP contribution < -0.4 is 11.0 Å². The van der Waals surface area contributed by atoms with E-state index in [1.165, 1.54) is 0 Å². The number of aryl methyl sites for hydroxylation is 1. The fourth-order valence-corrected chi connectivity index (χ4v) is 6.38. The standard InChI is InChI=1S/C33H38N6O4/c1-3-7-30-28(19-22-10-15-26(23-8-5-4-6-9-23)27(18-22)29-20-31(40)37-36-29)32(41)38(33-34-21-35-39(30)33)24-11-13-25(14-12-24)43-17-16-42-2/h4-6,8-10,15,18,21,24-25H,3,7,11-14,16-17,19-20H2,1-2H3,(H,37,40). The van der Waals surface area contributed by atoms with Crippen LogP contribution in [0.2, 0.25) is 0 Å². The van der Waals surface area contributed by atoms with Gasteiger partial charge in [0.05, 0.1) is 37.1 Å². The number of rotatable bonds is 11. The van der Waals surface area contributed by atoms with Crippen molar-refractivity contribution in [2.75, 3.05) is 20.3 Å². The molecule has 1 fully saturated rings. The topological polar surface area (TPSA) is 112 Å². The van der Waals surface area contributed by atoms with Gasteiger partial charge in [-0.15, -0.1) is 0 Å². The smallest absolute Gasteiger partial charge is 0.259 e. The Bertz CT molecular complexity index is 1690. The molecule has 1 N–H and O–H groups in total. The Kier molecular flexibility index (Phi) is 8.76. The van der Waals surface area contributed by atoms with E-state index < -0.39 is 0 Å².